The van der Waals surface area contributed by atoms with Crippen LogP contribution in [-0.2, 0) is 6.42 Å². The quantitative estimate of drug-likeness (QED) is 0.608. The first kappa shape index (κ1) is 20.6. The molecule has 0 radical (unpaired) electrons. The first-order valence-corrected chi connectivity index (χ1v) is 11.8. The molecule has 2 aliphatic heterocycles. The molecule has 0 bridgehead atoms. The summed E-state index contributed by atoms with van der Waals surface area (Å²) in [6.07, 6.45) is 3.78. The Hall–Kier alpha value is -3.03. The van der Waals surface area contributed by atoms with Crippen molar-refractivity contribution in [1.29, 1.82) is 0 Å². The molecule has 3 aromatic rings. The molecule has 33 heavy (non-hydrogen) atoms. The monoisotopic (exact) mass is 444 g/mol. The average Bonchev–Trinajstić information content (AvgIpc) is 3.38. The lowest BCUT2D eigenvalue weighted by atomic mass is 10.0. The summed E-state index contributed by atoms with van der Waals surface area (Å²) >= 11 is 0. The zero-order chi connectivity index (χ0) is 22.4. The van der Waals surface area contributed by atoms with Crippen LogP contribution in [0.3, 0.4) is 0 Å². The van der Waals surface area contributed by atoms with E-state index in [0.29, 0.717) is 29.7 Å². The van der Waals surface area contributed by atoms with Gasteiger partial charge < -0.3 is 19.7 Å². The molecule has 1 saturated carbocycles. The lowest BCUT2D eigenvalue weighted by molar-refractivity contribution is 0.0771. The molecule has 2 saturated heterocycles. The Bertz CT molecular complexity index is 1090. The van der Waals surface area contributed by atoms with Crippen LogP contribution in [0.5, 0.6) is 0 Å². The Balaban J connectivity index is 1.02. The smallest absolute Gasteiger partial charge is 0.253 e. The highest BCUT2D eigenvalue weighted by molar-refractivity contribution is 5.94. The number of carbonyl (C=O) groups is 1. The van der Waals surface area contributed by atoms with Crippen molar-refractivity contribution in [3.05, 3.63) is 83.6 Å². The standard InChI is InChI=1S/C26H28N4O3/c31-24(17-4-2-1-3-5-17)22-11-10-19(28-22)12-16-6-8-18(9-7-16)26(32)30-13-20-21(14-30)23(20)25-29-27-15-33-25/h1-9,15,19-24,28,31H,10-14H2/t19-,20-,21+,22+,23?,24+/m0/s1. The maximum absolute atomic E-state index is 12.9. The molecule has 2 aromatic carbocycles. The van der Waals surface area contributed by atoms with Gasteiger partial charge in [0.1, 0.15) is 0 Å². The SMILES string of the molecule is O=C(c1ccc(C[C@@H]2CC[C@H]([C@H](O)c3ccccc3)N2)cc1)N1C[C@@H]2C(c3nnco3)[C@@H]2C1. The predicted molar refractivity (Wildman–Crippen MR) is 121 cm³/mol. The van der Waals surface area contributed by atoms with E-state index in [-0.39, 0.29) is 11.9 Å². The fourth-order valence-electron chi connectivity index (χ4n) is 5.78. The first-order valence-electron chi connectivity index (χ1n) is 11.8. The van der Waals surface area contributed by atoms with E-state index < -0.39 is 6.10 Å². The van der Waals surface area contributed by atoms with Crippen LogP contribution in [0.2, 0.25) is 0 Å². The number of piperidine rings is 1. The molecule has 1 aliphatic carbocycles. The Morgan fingerprint density at radius 1 is 1.09 bits per heavy atom. The summed E-state index contributed by atoms with van der Waals surface area (Å²) in [4.78, 5) is 14.9. The maximum atomic E-state index is 12.9. The lowest BCUT2D eigenvalue weighted by Gasteiger charge is -2.21. The van der Waals surface area contributed by atoms with Gasteiger partial charge in [-0.15, -0.1) is 10.2 Å². The van der Waals surface area contributed by atoms with E-state index in [2.05, 4.69) is 27.6 Å². The van der Waals surface area contributed by atoms with Gasteiger partial charge in [-0.1, -0.05) is 42.5 Å². The molecule has 6 rings (SSSR count). The summed E-state index contributed by atoms with van der Waals surface area (Å²) in [6, 6.07) is 18.3. The van der Waals surface area contributed by atoms with E-state index in [9.17, 15) is 9.90 Å². The molecule has 7 nitrogen and oxygen atoms in total. The normalized spacial score (nSPS) is 29.1. The molecular weight excluding hydrogens is 416 g/mol. The number of nitrogens with one attached hydrogen (secondary N) is 1. The largest absolute Gasteiger partial charge is 0.428 e. The van der Waals surface area contributed by atoms with Crippen molar-refractivity contribution in [2.24, 2.45) is 11.8 Å². The van der Waals surface area contributed by atoms with Crippen molar-refractivity contribution >= 4 is 5.91 Å². The minimum absolute atomic E-state index is 0.0795. The van der Waals surface area contributed by atoms with Crippen LogP contribution in [0.1, 0.15) is 52.2 Å². The van der Waals surface area contributed by atoms with Gasteiger partial charge in [0.2, 0.25) is 12.3 Å². The number of amides is 1. The van der Waals surface area contributed by atoms with E-state index in [1.165, 1.54) is 12.0 Å². The highest BCUT2D eigenvalue weighted by atomic mass is 16.4. The third-order valence-electron chi connectivity index (χ3n) is 7.62. The van der Waals surface area contributed by atoms with Gasteiger partial charge in [-0.3, -0.25) is 4.79 Å². The Labute approximate surface area is 192 Å². The number of aliphatic hydroxyl groups is 1. The van der Waals surface area contributed by atoms with Crippen molar-refractivity contribution in [3.63, 3.8) is 0 Å². The number of rotatable bonds is 6. The Kier molecular flexibility index (Phi) is 5.23. The second-order valence-electron chi connectivity index (χ2n) is 9.64. The molecule has 7 heteroatoms. The Morgan fingerprint density at radius 3 is 2.55 bits per heavy atom. The summed E-state index contributed by atoms with van der Waals surface area (Å²) in [5, 5.41) is 22.1. The molecule has 3 aliphatic rings. The highest BCUT2D eigenvalue weighted by Gasteiger charge is 2.59. The van der Waals surface area contributed by atoms with Crippen LogP contribution < -0.4 is 5.32 Å². The highest BCUT2D eigenvalue weighted by Crippen LogP contribution is 2.57. The topological polar surface area (TPSA) is 91.5 Å². The number of likely N-dealkylation sites (tertiary alicyclic amines) is 1. The number of aromatic nitrogens is 2. The third-order valence-corrected chi connectivity index (χ3v) is 7.62. The number of hydrogen-bond acceptors (Lipinski definition) is 6. The molecule has 1 aromatic heterocycles. The lowest BCUT2D eigenvalue weighted by Crippen LogP contribution is -2.35. The zero-order valence-electron chi connectivity index (χ0n) is 18.4. The molecule has 2 N–H and O–H groups in total. The number of hydrogen-bond donors (Lipinski definition) is 2. The predicted octanol–water partition coefficient (Wildman–Crippen LogP) is 2.95. The fraction of sp³-hybridized carbons (Fsp3) is 0.423. The molecule has 1 amide bonds. The van der Waals surface area contributed by atoms with Gasteiger partial charge in [0.15, 0.2) is 0 Å². The molecular formula is C26H28N4O3. The van der Waals surface area contributed by atoms with Crippen LogP contribution in [0.4, 0.5) is 0 Å². The van der Waals surface area contributed by atoms with Crippen molar-refractivity contribution < 1.29 is 14.3 Å². The van der Waals surface area contributed by atoms with Crippen LogP contribution in [0.25, 0.3) is 0 Å². The van der Waals surface area contributed by atoms with E-state index >= 15 is 0 Å². The van der Waals surface area contributed by atoms with Gasteiger partial charge in [0.05, 0.1) is 6.10 Å². The molecule has 1 unspecified atom stereocenters. The zero-order valence-corrected chi connectivity index (χ0v) is 18.4. The molecule has 6 atom stereocenters. The third kappa shape index (κ3) is 3.96. The Morgan fingerprint density at radius 2 is 1.85 bits per heavy atom. The minimum atomic E-state index is -0.484. The summed E-state index contributed by atoms with van der Waals surface area (Å²) in [7, 11) is 0. The van der Waals surface area contributed by atoms with Crippen LogP contribution >= 0.6 is 0 Å². The van der Waals surface area contributed by atoms with Crippen LogP contribution in [0, 0.1) is 11.8 Å². The summed E-state index contributed by atoms with van der Waals surface area (Å²) < 4.78 is 5.34. The van der Waals surface area contributed by atoms with E-state index in [1.54, 1.807) is 0 Å². The van der Waals surface area contributed by atoms with Crippen molar-refractivity contribution in [2.45, 2.75) is 43.4 Å². The van der Waals surface area contributed by atoms with E-state index in [4.69, 9.17) is 4.42 Å². The minimum Gasteiger partial charge on any atom is -0.428 e. The fourth-order valence-corrected chi connectivity index (χ4v) is 5.78. The molecule has 3 fully saturated rings. The van der Waals surface area contributed by atoms with E-state index in [0.717, 1.165) is 43.5 Å². The molecule has 170 valence electrons. The van der Waals surface area contributed by atoms with Crippen molar-refractivity contribution in [2.75, 3.05) is 13.1 Å². The molecule has 0 spiro atoms. The van der Waals surface area contributed by atoms with E-state index in [1.807, 2.05) is 47.4 Å². The maximum Gasteiger partial charge on any atom is 0.253 e. The first-order chi connectivity index (χ1) is 16.2. The van der Waals surface area contributed by atoms with Gasteiger partial charge in [0.25, 0.3) is 5.91 Å². The van der Waals surface area contributed by atoms with Crippen LogP contribution in [-0.4, -0.2) is 51.3 Å². The second kappa shape index (κ2) is 8.39. The second-order valence-corrected chi connectivity index (χ2v) is 9.64. The number of benzene rings is 2. The number of fused-ring (bicyclic) bond motifs is 1. The molecule has 3 heterocycles. The van der Waals surface area contributed by atoms with Gasteiger partial charge >= 0.3 is 0 Å². The van der Waals surface area contributed by atoms with Crippen molar-refractivity contribution in [1.82, 2.24) is 20.4 Å². The van der Waals surface area contributed by atoms with Gasteiger partial charge in [-0.05, 0) is 54.4 Å². The number of aliphatic hydroxyl groups excluding tert-OH is 1. The van der Waals surface area contributed by atoms with Gasteiger partial charge in [0, 0.05) is 36.7 Å². The summed E-state index contributed by atoms with van der Waals surface area (Å²) in [6.45, 7) is 1.52. The van der Waals surface area contributed by atoms with Gasteiger partial charge in [-0.25, -0.2) is 0 Å². The average molecular weight is 445 g/mol. The van der Waals surface area contributed by atoms with Crippen LogP contribution in [0.15, 0.2) is 65.4 Å². The van der Waals surface area contributed by atoms with Gasteiger partial charge in [-0.2, -0.15) is 0 Å². The van der Waals surface area contributed by atoms with Crippen molar-refractivity contribution in [3.8, 4) is 0 Å². The number of nitrogens with zero attached hydrogens (tertiary/aromatic N) is 3. The number of carbonyl (C=O) groups excluding carboxylic acids is 1. The summed E-state index contributed by atoms with van der Waals surface area (Å²) in [5.41, 5.74) is 2.91. The summed E-state index contributed by atoms with van der Waals surface area (Å²) in [5.74, 6) is 2.02.